The van der Waals surface area contributed by atoms with Gasteiger partial charge in [0, 0.05) is 25.0 Å². The topological polar surface area (TPSA) is 58.1 Å². The molecule has 3 aromatic rings. The first-order valence-corrected chi connectivity index (χ1v) is 10.5. The van der Waals surface area contributed by atoms with Gasteiger partial charge in [-0.2, -0.15) is 0 Å². The first kappa shape index (κ1) is 20.3. The Morgan fingerprint density at radius 2 is 2.03 bits per heavy atom. The third-order valence-corrected chi connectivity index (χ3v) is 5.76. The van der Waals surface area contributed by atoms with E-state index in [1.54, 1.807) is 12.1 Å². The van der Waals surface area contributed by atoms with Gasteiger partial charge in [-0.3, -0.25) is 4.79 Å². The number of benzene rings is 2. The standard InChI is InChI=1S/C24H27FN4O/c1-16-9-10-20-17(2)27-24(28-22(20)14-16)29-13-5-7-19(15-29)23(30)26-12-11-18-6-3-4-8-21(18)25/h3-4,6,8-10,14,19H,5,7,11-13,15H2,1-2H3,(H,26,30). The van der Waals surface area contributed by atoms with Gasteiger partial charge in [0.05, 0.1) is 17.1 Å². The molecule has 2 heterocycles. The Morgan fingerprint density at radius 3 is 2.87 bits per heavy atom. The number of fused-ring (bicyclic) bond motifs is 1. The fourth-order valence-corrected chi connectivity index (χ4v) is 4.06. The Balaban J connectivity index is 1.41. The molecule has 0 radical (unpaired) electrons. The van der Waals surface area contributed by atoms with Crippen molar-refractivity contribution in [2.45, 2.75) is 33.1 Å². The summed E-state index contributed by atoms with van der Waals surface area (Å²) in [6.45, 7) is 5.93. The van der Waals surface area contributed by atoms with Gasteiger partial charge < -0.3 is 10.2 Å². The lowest BCUT2D eigenvalue weighted by molar-refractivity contribution is -0.125. The molecular weight excluding hydrogens is 379 g/mol. The van der Waals surface area contributed by atoms with E-state index in [0.717, 1.165) is 41.5 Å². The van der Waals surface area contributed by atoms with E-state index < -0.39 is 0 Å². The number of hydrogen-bond acceptors (Lipinski definition) is 4. The second kappa shape index (κ2) is 8.78. The van der Waals surface area contributed by atoms with Crippen LogP contribution in [0.1, 0.15) is 29.7 Å². The van der Waals surface area contributed by atoms with Crippen LogP contribution in [0, 0.1) is 25.6 Å². The summed E-state index contributed by atoms with van der Waals surface area (Å²) >= 11 is 0. The fourth-order valence-electron chi connectivity index (χ4n) is 4.06. The summed E-state index contributed by atoms with van der Waals surface area (Å²) < 4.78 is 13.7. The van der Waals surface area contributed by atoms with Crippen molar-refractivity contribution in [3.05, 3.63) is 65.1 Å². The largest absolute Gasteiger partial charge is 0.355 e. The first-order valence-electron chi connectivity index (χ1n) is 10.5. The van der Waals surface area contributed by atoms with Gasteiger partial charge in [0.1, 0.15) is 5.82 Å². The zero-order valence-corrected chi connectivity index (χ0v) is 17.5. The van der Waals surface area contributed by atoms with Crippen LogP contribution in [0.3, 0.4) is 0 Å². The number of halogens is 1. The van der Waals surface area contributed by atoms with Crippen molar-refractivity contribution in [1.29, 1.82) is 0 Å². The Kier molecular flexibility index (Phi) is 5.93. The van der Waals surface area contributed by atoms with Gasteiger partial charge in [-0.25, -0.2) is 14.4 Å². The summed E-state index contributed by atoms with van der Waals surface area (Å²) in [5.74, 6) is 0.366. The minimum Gasteiger partial charge on any atom is -0.355 e. The molecule has 1 atom stereocenters. The molecule has 30 heavy (non-hydrogen) atoms. The molecule has 1 amide bonds. The van der Waals surface area contributed by atoms with Crippen molar-refractivity contribution < 1.29 is 9.18 Å². The molecule has 1 aliphatic heterocycles. The molecule has 5 nitrogen and oxygen atoms in total. The molecule has 0 spiro atoms. The number of carbonyl (C=O) groups is 1. The van der Waals surface area contributed by atoms with E-state index in [1.165, 1.54) is 6.07 Å². The normalized spacial score (nSPS) is 16.6. The van der Waals surface area contributed by atoms with Gasteiger partial charge in [-0.05, 0) is 56.4 Å². The van der Waals surface area contributed by atoms with Crippen LogP contribution in [-0.2, 0) is 11.2 Å². The number of rotatable bonds is 5. The fraction of sp³-hybridized carbons (Fsp3) is 0.375. The minimum atomic E-state index is -0.227. The highest BCUT2D eigenvalue weighted by Crippen LogP contribution is 2.24. The van der Waals surface area contributed by atoms with Crippen molar-refractivity contribution >= 4 is 22.8 Å². The number of nitrogens with one attached hydrogen (secondary N) is 1. The lowest BCUT2D eigenvalue weighted by Gasteiger charge is -2.32. The molecule has 1 unspecified atom stereocenters. The van der Waals surface area contributed by atoms with E-state index in [0.29, 0.717) is 31.0 Å². The molecule has 0 saturated carbocycles. The zero-order chi connectivity index (χ0) is 21.1. The number of nitrogens with zero attached hydrogens (tertiary/aromatic N) is 3. The Hall–Kier alpha value is -3.02. The van der Waals surface area contributed by atoms with Crippen molar-refractivity contribution in [2.75, 3.05) is 24.5 Å². The highest BCUT2D eigenvalue weighted by atomic mass is 19.1. The van der Waals surface area contributed by atoms with Crippen LogP contribution < -0.4 is 10.2 Å². The number of aryl methyl sites for hydroxylation is 2. The number of hydrogen-bond donors (Lipinski definition) is 1. The van der Waals surface area contributed by atoms with Crippen molar-refractivity contribution in [3.8, 4) is 0 Å². The van der Waals surface area contributed by atoms with E-state index in [-0.39, 0.29) is 17.6 Å². The molecule has 6 heteroatoms. The molecular formula is C24H27FN4O. The quantitative estimate of drug-likeness (QED) is 0.697. The van der Waals surface area contributed by atoms with Gasteiger partial charge in [0.2, 0.25) is 11.9 Å². The van der Waals surface area contributed by atoms with Crippen LogP contribution in [0.5, 0.6) is 0 Å². The Bertz CT molecular complexity index is 1070. The van der Waals surface area contributed by atoms with Gasteiger partial charge in [0.25, 0.3) is 0 Å². The van der Waals surface area contributed by atoms with Crippen molar-refractivity contribution in [3.63, 3.8) is 0 Å². The maximum absolute atomic E-state index is 13.7. The molecule has 4 rings (SSSR count). The maximum atomic E-state index is 13.7. The maximum Gasteiger partial charge on any atom is 0.226 e. The summed E-state index contributed by atoms with van der Waals surface area (Å²) in [7, 11) is 0. The summed E-state index contributed by atoms with van der Waals surface area (Å²) in [6, 6.07) is 12.9. The number of carbonyl (C=O) groups excluding carboxylic acids is 1. The lowest BCUT2D eigenvalue weighted by atomic mass is 9.97. The lowest BCUT2D eigenvalue weighted by Crippen LogP contribution is -2.44. The molecule has 1 aromatic heterocycles. The number of amides is 1. The Morgan fingerprint density at radius 1 is 1.20 bits per heavy atom. The van der Waals surface area contributed by atoms with Gasteiger partial charge >= 0.3 is 0 Å². The van der Waals surface area contributed by atoms with Crippen LogP contribution in [0.2, 0.25) is 0 Å². The molecule has 1 saturated heterocycles. The number of piperidine rings is 1. The van der Waals surface area contributed by atoms with E-state index in [2.05, 4.69) is 35.3 Å². The highest BCUT2D eigenvalue weighted by molar-refractivity contribution is 5.83. The molecule has 1 aliphatic rings. The smallest absolute Gasteiger partial charge is 0.226 e. The molecule has 1 N–H and O–H groups in total. The predicted molar refractivity (Wildman–Crippen MR) is 117 cm³/mol. The first-order chi connectivity index (χ1) is 14.5. The second-order valence-electron chi connectivity index (χ2n) is 8.05. The summed E-state index contributed by atoms with van der Waals surface area (Å²) in [6.07, 6.45) is 2.24. The van der Waals surface area contributed by atoms with Gasteiger partial charge in [0.15, 0.2) is 0 Å². The third-order valence-electron chi connectivity index (χ3n) is 5.76. The highest BCUT2D eigenvalue weighted by Gasteiger charge is 2.27. The van der Waals surface area contributed by atoms with Crippen molar-refractivity contribution in [2.24, 2.45) is 5.92 Å². The van der Waals surface area contributed by atoms with E-state index >= 15 is 0 Å². The van der Waals surface area contributed by atoms with Crippen LogP contribution >= 0.6 is 0 Å². The average molecular weight is 407 g/mol. The summed E-state index contributed by atoms with van der Waals surface area (Å²) in [5, 5.41) is 4.03. The number of anilines is 1. The second-order valence-corrected chi connectivity index (χ2v) is 8.05. The van der Waals surface area contributed by atoms with E-state index in [4.69, 9.17) is 9.97 Å². The minimum absolute atomic E-state index is 0.0180. The van der Waals surface area contributed by atoms with Gasteiger partial charge in [-0.1, -0.05) is 30.3 Å². The monoisotopic (exact) mass is 406 g/mol. The van der Waals surface area contributed by atoms with E-state index in [9.17, 15) is 9.18 Å². The Labute approximate surface area is 176 Å². The summed E-state index contributed by atoms with van der Waals surface area (Å²) in [4.78, 5) is 24.3. The van der Waals surface area contributed by atoms with E-state index in [1.807, 2.05) is 13.0 Å². The van der Waals surface area contributed by atoms with Crippen LogP contribution in [0.4, 0.5) is 10.3 Å². The molecule has 1 fully saturated rings. The van der Waals surface area contributed by atoms with Crippen LogP contribution in [-0.4, -0.2) is 35.5 Å². The zero-order valence-electron chi connectivity index (χ0n) is 17.5. The predicted octanol–water partition coefficient (Wildman–Crippen LogP) is 3.96. The summed E-state index contributed by atoms with van der Waals surface area (Å²) in [5.41, 5.74) is 3.68. The van der Waals surface area contributed by atoms with Crippen molar-refractivity contribution in [1.82, 2.24) is 15.3 Å². The average Bonchev–Trinajstić information content (AvgIpc) is 2.74. The number of aromatic nitrogens is 2. The molecule has 0 bridgehead atoms. The third kappa shape index (κ3) is 4.42. The molecule has 2 aromatic carbocycles. The van der Waals surface area contributed by atoms with Crippen LogP contribution in [0.25, 0.3) is 10.9 Å². The van der Waals surface area contributed by atoms with Crippen LogP contribution in [0.15, 0.2) is 42.5 Å². The SMILES string of the molecule is Cc1ccc2c(C)nc(N3CCCC(C(=O)NCCc4ccccc4F)C3)nc2c1. The molecule has 156 valence electrons. The molecule has 0 aliphatic carbocycles. The van der Waals surface area contributed by atoms with Gasteiger partial charge in [-0.15, -0.1) is 0 Å².